The summed E-state index contributed by atoms with van der Waals surface area (Å²) in [6.45, 7) is 5.10. The van der Waals surface area contributed by atoms with Gasteiger partial charge in [-0.3, -0.25) is 4.79 Å². The van der Waals surface area contributed by atoms with Crippen LogP contribution in [0.3, 0.4) is 0 Å². The van der Waals surface area contributed by atoms with Crippen LogP contribution in [0.25, 0.3) is 11.4 Å². The lowest BCUT2D eigenvalue weighted by atomic mass is 10.2. The molecule has 1 saturated heterocycles. The number of nitrogens with one attached hydrogen (secondary N) is 1. The molecule has 3 rings (SSSR count). The zero-order valence-electron chi connectivity index (χ0n) is 13.1. The molecular weight excluding hydrogens is 316 g/mol. The maximum absolute atomic E-state index is 12.6. The van der Waals surface area contributed by atoms with Gasteiger partial charge in [0.2, 0.25) is 11.7 Å². The summed E-state index contributed by atoms with van der Waals surface area (Å²) in [5.41, 5.74) is 0.896. The highest BCUT2D eigenvalue weighted by Crippen LogP contribution is 2.14. The smallest absolute Gasteiger partial charge is 0.249 e. The fourth-order valence-corrected chi connectivity index (χ4v) is 2.52. The molecule has 0 bridgehead atoms. The Morgan fingerprint density at radius 2 is 2.00 bits per heavy atom. The molecule has 1 aromatic heterocycles. The maximum Gasteiger partial charge on any atom is 0.249 e. The van der Waals surface area contributed by atoms with Crippen LogP contribution < -0.4 is 5.32 Å². The molecule has 1 N–H and O–H groups in total. The van der Waals surface area contributed by atoms with Crippen molar-refractivity contribution in [3.8, 4) is 11.4 Å². The molecule has 2 aromatic rings. The fourth-order valence-electron chi connectivity index (χ4n) is 2.52. The highest BCUT2D eigenvalue weighted by atomic mass is 35.5. The predicted molar refractivity (Wildman–Crippen MR) is 89.3 cm³/mol. The molecule has 1 fully saturated rings. The van der Waals surface area contributed by atoms with Gasteiger partial charge in [-0.25, -0.2) is 0 Å². The van der Waals surface area contributed by atoms with Crippen molar-refractivity contribution in [2.24, 2.45) is 0 Å². The van der Waals surface area contributed by atoms with E-state index in [4.69, 9.17) is 0 Å². The van der Waals surface area contributed by atoms with E-state index in [2.05, 4.69) is 20.7 Å². The first-order valence-corrected chi connectivity index (χ1v) is 7.60. The number of benzene rings is 1. The Balaban J connectivity index is 0.00000192. The van der Waals surface area contributed by atoms with Crippen molar-refractivity contribution in [2.75, 3.05) is 26.2 Å². The molecule has 0 saturated carbocycles. The van der Waals surface area contributed by atoms with Gasteiger partial charge in [0.1, 0.15) is 6.04 Å². The van der Waals surface area contributed by atoms with Crippen LogP contribution in [0.1, 0.15) is 19.4 Å². The average Bonchev–Trinajstić information content (AvgIpc) is 2.90. The number of carbonyl (C=O) groups excluding carboxylic acids is 1. The first-order valence-electron chi connectivity index (χ1n) is 7.60. The number of tetrazole rings is 1. The highest BCUT2D eigenvalue weighted by molar-refractivity contribution is 5.85. The first kappa shape index (κ1) is 17.4. The van der Waals surface area contributed by atoms with Crippen LogP contribution in [0.4, 0.5) is 0 Å². The Kier molecular flexibility index (Phi) is 6.06. The fraction of sp³-hybridized carbons (Fsp3) is 0.467. The number of amides is 1. The van der Waals surface area contributed by atoms with Crippen molar-refractivity contribution in [3.63, 3.8) is 0 Å². The number of hydrogen-bond acceptors (Lipinski definition) is 5. The van der Waals surface area contributed by atoms with Crippen molar-refractivity contribution >= 4 is 18.3 Å². The van der Waals surface area contributed by atoms with Crippen molar-refractivity contribution in [1.29, 1.82) is 0 Å². The molecule has 2 heterocycles. The van der Waals surface area contributed by atoms with Crippen LogP contribution in [-0.4, -0.2) is 57.2 Å². The summed E-state index contributed by atoms with van der Waals surface area (Å²) >= 11 is 0. The average molecular weight is 337 g/mol. The summed E-state index contributed by atoms with van der Waals surface area (Å²) in [6, 6.07) is 9.20. The summed E-state index contributed by atoms with van der Waals surface area (Å²) < 4.78 is 0. The van der Waals surface area contributed by atoms with Gasteiger partial charge in [0.25, 0.3) is 0 Å². The molecule has 1 aliphatic rings. The predicted octanol–water partition coefficient (Wildman–Crippen LogP) is 1.14. The van der Waals surface area contributed by atoms with Gasteiger partial charge in [0.05, 0.1) is 0 Å². The number of carbonyl (C=O) groups is 1. The molecule has 1 aliphatic heterocycles. The summed E-state index contributed by atoms with van der Waals surface area (Å²) in [6.07, 6.45) is 0.971. The lowest BCUT2D eigenvalue weighted by Gasteiger charge is -2.22. The second-order valence-corrected chi connectivity index (χ2v) is 5.40. The van der Waals surface area contributed by atoms with E-state index in [-0.39, 0.29) is 18.3 Å². The van der Waals surface area contributed by atoms with Crippen molar-refractivity contribution in [2.45, 2.75) is 19.4 Å². The van der Waals surface area contributed by atoms with Crippen molar-refractivity contribution < 1.29 is 4.79 Å². The lowest BCUT2D eigenvalue weighted by molar-refractivity contribution is -0.134. The number of aromatic nitrogens is 4. The van der Waals surface area contributed by atoms with Crippen molar-refractivity contribution in [3.05, 3.63) is 30.3 Å². The van der Waals surface area contributed by atoms with E-state index in [9.17, 15) is 4.79 Å². The van der Waals surface area contributed by atoms with E-state index < -0.39 is 6.04 Å². The summed E-state index contributed by atoms with van der Waals surface area (Å²) in [4.78, 5) is 15.8. The van der Waals surface area contributed by atoms with Gasteiger partial charge in [0, 0.05) is 25.2 Å². The second-order valence-electron chi connectivity index (χ2n) is 5.40. The van der Waals surface area contributed by atoms with E-state index in [1.165, 1.54) is 4.80 Å². The Bertz CT molecular complexity index is 624. The van der Waals surface area contributed by atoms with Gasteiger partial charge in [0.15, 0.2) is 0 Å². The zero-order valence-corrected chi connectivity index (χ0v) is 13.9. The van der Waals surface area contributed by atoms with Gasteiger partial charge in [-0.2, -0.15) is 4.80 Å². The molecule has 0 aliphatic carbocycles. The standard InChI is InChI=1S/C15H20N6O.ClH/c1-12(15(22)20-10-5-8-16-9-11-20)21-18-14(17-19-21)13-6-3-2-4-7-13;/h2-4,6-7,12,16H,5,8-11H2,1H3;1H. The van der Waals surface area contributed by atoms with Gasteiger partial charge in [-0.05, 0) is 25.1 Å². The largest absolute Gasteiger partial charge is 0.339 e. The topological polar surface area (TPSA) is 75.9 Å². The van der Waals surface area contributed by atoms with Crippen LogP contribution in [0.5, 0.6) is 0 Å². The molecule has 124 valence electrons. The van der Waals surface area contributed by atoms with E-state index >= 15 is 0 Å². The van der Waals surface area contributed by atoms with E-state index in [1.807, 2.05) is 42.2 Å². The molecule has 0 radical (unpaired) electrons. The number of halogens is 1. The third-order valence-corrected chi connectivity index (χ3v) is 3.82. The Morgan fingerprint density at radius 1 is 1.22 bits per heavy atom. The Hall–Kier alpha value is -1.99. The van der Waals surface area contributed by atoms with Crippen LogP contribution in [0.15, 0.2) is 30.3 Å². The van der Waals surface area contributed by atoms with Gasteiger partial charge < -0.3 is 10.2 Å². The molecule has 1 aromatic carbocycles. The maximum atomic E-state index is 12.6. The molecule has 8 heteroatoms. The Labute approximate surface area is 141 Å². The normalized spacial score (nSPS) is 16.3. The quantitative estimate of drug-likeness (QED) is 0.909. The molecule has 1 unspecified atom stereocenters. The van der Waals surface area contributed by atoms with Crippen LogP contribution in [0.2, 0.25) is 0 Å². The molecule has 7 nitrogen and oxygen atoms in total. The summed E-state index contributed by atoms with van der Waals surface area (Å²) in [7, 11) is 0. The summed E-state index contributed by atoms with van der Waals surface area (Å²) in [5, 5.41) is 15.7. The van der Waals surface area contributed by atoms with Crippen molar-refractivity contribution in [1.82, 2.24) is 30.4 Å². The SMILES string of the molecule is CC(C(=O)N1CCCNCC1)n1nnc(-c2ccccc2)n1.Cl. The minimum atomic E-state index is -0.442. The van der Waals surface area contributed by atoms with Gasteiger partial charge >= 0.3 is 0 Å². The van der Waals surface area contributed by atoms with Crippen LogP contribution in [0, 0.1) is 0 Å². The highest BCUT2D eigenvalue weighted by Gasteiger charge is 2.24. The van der Waals surface area contributed by atoms with Crippen LogP contribution in [-0.2, 0) is 4.79 Å². The Morgan fingerprint density at radius 3 is 2.78 bits per heavy atom. The minimum Gasteiger partial charge on any atom is -0.339 e. The van der Waals surface area contributed by atoms with Gasteiger partial charge in [-0.1, -0.05) is 30.3 Å². The second kappa shape index (κ2) is 8.03. The number of hydrogen-bond donors (Lipinski definition) is 1. The third kappa shape index (κ3) is 4.05. The molecule has 1 atom stereocenters. The van der Waals surface area contributed by atoms with E-state index in [0.717, 1.165) is 38.2 Å². The first-order chi connectivity index (χ1) is 10.8. The zero-order chi connectivity index (χ0) is 15.4. The minimum absolute atomic E-state index is 0. The van der Waals surface area contributed by atoms with Crippen LogP contribution >= 0.6 is 12.4 Å². The third-order valence-electron chi connectivity index (χ3n) is 3.82. The number of nitrogens with zero attached hydrogens (tertiary/aromatic N) is 5. The molecular formula is C15H21ClN6O. The molecule has 23 heavy (non-hydrogen) atoms. The van der Waals surface area contributed by atoms with E-state index in [1.54, 1.807) is 0 Å². The lowest BCUT2D eigenvalue weighted by Crippen LogP contribution is -2.39. The van der Waals surface area contributed by atoms with Gasteiger partial charge in [-0.15, -0.1) is 22.6 Å². The monoisotopic (exact) mass is 336 g/mol. The molecule has 1 amide bonds. The molecule has 0 spiro atoms. The van der Waals surface area contributed by atoms with E-state index in [0.29, 0.717) is 5.82 Å². The number of rotatable bonds is 3. The summed E-state index contributed by atoms with van der Waals surface area (Å²) in [5.74, 6) is 0.582.